The molecule has 1 N–H and O–H groups in total. The Balaban J connectivity index is 1.82. The van der Waals surface area contributed by atoms with Gasteiger partial charge in [0.25, 0.3) is 0 Å². The van der Waals surface area contributed by atoms with E-state index in [9.17, 15) is 23.1 Å². The number of hydrogen-bond acceptors (Lipinski definition) is 3. The van der Waals surface area contributed by atoms with Crippen molar-refractivity contribution in [2.75, 3.05) is 0 Å². The van der Waals surface area contributed by atoms with E-state index < -0.39 is 34.3 Å². The number of ketones is 1. The minimum Gasteiger partial charge on any atom is -0.387 e. The van der Waals surface area contributed by atoms with E-state index in [4.69, 9.17) is 11.6 Å². The maximum absolute atomic E-state index is 15.5. The first kappa shape index (κ1) is 19.8. The molecule has 1 aromatic carbocycles. The minimum absolute atomic E-state index is 0.0175. The molecular weight excluding hydrogens is 386 g/mol. The first-order valence-electron chi connectivity index (χ1n) is 8.35. The molecule has 2 unspecified atom stereocenters. The summed E-state index contributed by atoms with van der Waals surface area (Å²) in [6.07, 6.45) is -4.76. The molecule has 0 amide bonds. The van der Waals surface area contributed by atoms with Crippen LogP contribution in [0.1, 0.15) is 47.8 Å². The summed E-state index contributed by atoms with van der Waals surface area (Å²) in [5.74, 6) is -0.767. The number of nitrogens with zero attached hydrogens (tertiary/aromatic N) is 1. The van der Waals surface area contributed by atoms with Gasteiger partial charge in [-0.15, -0.1) is 0 Å². The highest BCUT2D eigenvalue weighted by Gasteiger charge is 2.46. The van der Waals surface area contributed by atoms with Crippen LogP contribution in [0.3, 0.4) is 0 Å². The predicted molar refractivity (Wildman–Crippen MR) is 91.0 cm³/mol. The molecule has 0 radical (unpaired) electrons. The van der Waals surface area contributed by atoms with Crippen molar-refractivity contribution < 1.29 is 27.5 Å². The Hall–Kier alpha value is -1.99. The van der Waals surface area contributed by atoms with Gasteiger partial charge in [-0.05, 0) is 37.0 Å². The Morgan fingerprint density at radius 3 is 2.74 bits per heavy atom. The molecule has 2 atom stereocenters. The smallest absolute Gasteiger partial charge is 0.387 e. The average Bonchev–Trinajstić information content (AvgIpc) is 2.63. The van der Waals surface area contributed by atoms with Crippen molar-refractivity contribution >= 4 is 17.4 Å². The van der Waals surface area contributed by atoms with Crippen LogP contribution in [0, 0.1) is 0 Å². The number of aryl methyl sites for hydroxylation is 1. The summed E-state index contributed by atoms with van der Waals surface area (Å²) >= 11 is 5.83. The maximum Gasteiger partial charge on any atom is 0.417 e. The number of pyridine rings is 1. The molecule has 0 saturated carbocycles. The Kier molecular flexibility index (Phi) is 5.27. The molecule has 1 aliphatic carbocycles. The zero-order chi connectivity index (χ0) is 19.8. The molecule has 0 spiro atoms. The molecule has 1 aromatic heterocycles. The number of hydrogen-bond donors (Lipinski definition) is 1. The summed E-state index contributed by atoms with van der Waals surface area (Å²) in [7, 11) is 0. The zero-order valence-electron chi connectivity index (χ0n) is 14.1. The summed E-state index contributed by atoms with van der Waals surface area (Å²) < 4.78 is 54.3. The number of aliphatic hydroxyl groups excluding tert-OH is 1. The molecule has 0 aliphatic heterocycles. The topological polar surface area (TPSA) is 50.2 Å². The van der Waals surface area contributed by atoms with Crippen molar-refractivity contribution in [2.45, 2.75) is 43.6 Å². The van der Waals surface area contributed by atoms with E-state index in [1.54, 1.807) is 0 Å². The van der Waals surface area contributed by atoms with Crippen LogP contribution in [0.2, 0.25) is 5.02 Å². The Morgan fingerprint density at radius 2 is 2.04 bits per heavy atom. The number of carbonyl (C=O) groups is 1. The highest BCUT2D eigenvalue weighted by Crippen LogP contribution is 2.44. The number of Topliss-reactive ketones (excluding diaryl/α,β-unsaturated/α-hetero) is 1. The van der Waals surface area contributed by atoms with Crippen LogP contribution in [0.5, 0.6) is 0 Å². The van der Waals surface area contributed by atoms with Crippen LogP contribution in [-0.4, -0.2) is 15.9 Å². The number of benzene rings is 1. The van der Waals surface area contributed by atoms with Crippen LogP contribution in [0.4, 0.5) is 17.6 Å². The number of halogens is 5. The number of rotatable bonds is 4. The van der Waals surface area contributed by atoms with Gasteiger partial charge in [0.05, 0.1) is 22.4 Å². The summed E-state index contributed by atoms with van der Waals surface area (Å²) in [5, 5.41) is 9.48. The number of aliphatic hydroxyl groups is 1. The molecular formula is C19H16ClF4NO2. The van der Waals surface area contributed by atoms with Gasteiger partial charge in [-0.3, -0.25) is 9.78 Å². The highest BCUT2D eigenvalue weighted by molar-refractivity contribution is 6.32. The Morgan fingerprint density at radius 1 is 1.30 bits per heavy atom. The first-order chi connectivity index (χ1) is 12.6. The third-order valence-electron chi connectivity index (χ3n) is 4.79. The SMILES string of the molecule is O=C(CCc1cccc(C(F)(F)F)c1Cl)C1(F)CCC(O)c2ncccc21. The lowest BCUT2D eigenvalue weighted by Crippen LogP contribution is -2.36. The van der Waals surface area contributed by atoms with Gasteiger partial charge in [-0.25, -0.2) is 4.39 Å². The van der Waals surface area contributed by atoms with E-state index >= 15 is 4.39 Å². The summed E-state index contributed by atoms with van der Waals surface area (Å²) in [6.45, 7) is 0. The van der Waals surface area contributed by atoms with Gasteiger partial charge in [0.2, 0.25) is 0 Å². The normalized spacial score (nSPS) is 22.4. The fraction of sp³-hybridized carbons (Fsp3) is 0.368. The molecule has 1 aliphatic rings. The summed E-state index contributed by atoms with van der Waals surface area (Å²) in [5.41, 5.74) is -3.04. The third-order valence-corrected chi connectivity index (χ3v) is 5.24. The molecule has 0 saturated heterocycles. The Bertz CT molecular complexity index is 871. The second-order valence-corrected chi connectivity index (χ2v) is 6.87. The van der Waals surface area contributed by atoms with E-state index in [2.05, 4.69) is 4.98 Å². The third kappa shape index (κ3) is 3.71. The highest BCUT2D eigenvalue weighted by atomic mass is 35.5. The standard InChI is InChI=1S/C19H16ClF4NO2/c20-16-11(3-1-4-12(16)19(22,23)24)6-7-15(27)18(21)9-8-14(26)17-13(18)5-2-10-25-17/h1-5,10,14,26H,6-9H2. The average molecular weight is 402 g/mol. The van der Waals surface area contributed by atoms with Crippen LogP contribution in [-0.2, 0) is 23.1 Å². The summed E-state index contributed by atoms with van der Waals surface area (Å²) in [6, 6.07) is 6.32. The molecule has 2 aromatic rings. The van der Waals surface area contributed by atoms with Crippen LogP contribution in [0.25, 0.3) is 0 Å². The number of alkyl halides is 4. The molecule has 3 nitrogen and oxygen atoms in total. The summed E-state index contributed by atoms with van der Waals surface area (Å²) in [4.78, 5) is 16.6. The van der Waals surface area contributed by atoms with Gasteiger partial charge in [0.15, 0.2) is 11.5 Å². The van der Waals surface area contributed by atoms with Gasteiger partial charge in [0, 0.05) is 18.2 Å². The van der Waals surface area contributed by atoms with Gasteiger partial charge in [-0.1, -0.05) is 29.8 Å². The van der Waals surface area contributed by atoms with E-state index in [0.29, 0.717) is 0 Å². The van der Waals surface area contributed by atoms with Gasteiger partial charge in [-0.2, -0.15) is 13.2 Å². The second-order valence-electron chi connectivity index (χ2n) is 6.49. The van der Waals surface area contributed by atoms with Gasteiger partial charge >= 0.3 is 6.18 Å². The van der Waals surface area contributed by atoms with E-state index in [1.807, 2.05) is 0 Å². The van der Waals surface area contributed by atoms with E-state index in [1.165, 1.54) is 30.5 Å². The number of fused-ring (bicyclic) bond motifs is 1. The van der Waals surface area contributed by atoms with Gasteiger partial charge < -0.3 is 5.11 Å². The maximum atomic E-state index is 15.5. The lowest BCUT2D eigenvalue weighted by atomic mass is 9.77. The molecule has 0 fully saturated rings. The molecule has 144 valence electrons. The lowest BCUT2D eigenvalue weighted by molar-refractivity contribution is -0.137. The van der Waals surface area contributed by atoms with Crippen molar-refractivity contribution in [1.29, 1.82) is 0 Å². The fourth-order valence-electron chi connectivity index (χ4n) is 3.35. The largest absolute Gasteiger partial charge is 0.417 e. The van der Waals surface area contributed by atoms with Crippen molar-refractivity contribution in [3.05, 3.63) is 63.9 Å². The second kappa shape index (κ2) is 7.20. The van der Waals surface area contributed by atoms with Crippen molar-refractivity contribution in [1.82, 2.24) is 4.98 Å². The molecule has 8 heteroatoms. The predicted octanol–water partition coefficient (Wildman–Crippen LogP) is 4.95. The number of carbonyl (C=O) groups excluding carboxylic acids is 1. The van der Waals surface area contributed by atoms with E-state index in [-0.39, 0.29) is 42.5 Å². The van der Waals surface area contributed by atoms with Crippen LogP contribution in [0.15, 0.2) is 36.5 Å². The van der Waals surface area contributed by atoms with Crippen LogP contribution < -0.4 is 0 Å². The van der Waals surface area contributed by atoms with Crippen molar-refractivity contribution in [3.8, 4) is 0 Å². The lowest BCUT2D eigenvalue weighted by Gasteiger charge is -2.32. The number of aromatic nitrogens is 1. The van der Waals surface area contributed by atoms with Crippen molar-refractivity contribution in [3.63, 3.8) is 0 Å². The zero-order valence-corrected chi connectivity index (χ0v) is 14.8. The molecule has 0 bridgehead atoms. The van der Waals surface area contributed by atoms with Gasteiger partial charge in [0.1, 0.15) is 0 Å². The molecule has 27 heavy (non-hydrogen) atoms. The van der Waals surface area contributed by atoms with E-state index in [0.717, 1.165) is 6.07 Å². The van der Waals surface area contributed by atoms with Crippen LogP contribution >= 0.6 is 11.6 Å². The minimum atomic E-state index is -4.61. The Labute approximate surface area is 158 Å². The van der Waals surface area contributed by atoms with Crippen molar-refractivity contribution in [2.24, 2.45) is 0 Å². The quantitative estimate of drug-likeness (QED) is 0.738. The fourth-order valence-corrected chi connectivity index (χ4v) is 3.68. The first-order valence-corrected chi connectivity index (χ1v) is 8.72. The molecule has 3 rings (SSSR count). The monoisotopic (exact) mass is 401 g/mol. The molecule has 1 heterocycles.